The third-order valence-corrected chi connectivity index (χ3v) is 3.07. The van der Waals surface area contributed by atoms with Crippen molar-refractivity contribution in [3.05, 3.63) is 0 Å². The maximum Gasteiger partial charge on any atom is 0.401 e. The summed E-state index contributed by atoms with van der Waals surface area (Å²) in [6.07, 6.45) is -2.47. The van der Waals surface area contributed by atoms with Gasteiger partial charge in [-0.15, -0.1) is 0 Å². The van der Waals surface area contributed by atoms with E-state index in [2.05, 4.69) is 10.6 Å². The van der Waals surface area contributed by atoms with E-state index in [0.29, 0.717) is 26.1 Å². The molecule has 0 aromatic carbocycles. The number of hydrogen-bond acceptors (Lipinski definition) is 3. The van der Waals surface area contributed by atoms with E-state index in [1.807, 2.05) is 6.92 Å². The molecule has 0 saturated carbocycles. The fraction of sp³-hybridized carbons (Fsp3) is 0.917. The van der Waals surface area contributed by atoms with Crippen LogP contribution < -0.4 is 10.6 Å². The monoisotopic (exact) mass is 281 g/mol. The van der Waals surface area contributed by atoms with Crippen molar-refractivity contribution in [2.45, 2.75) is 25.9 Å². The minimum Gasteiger partial charge on any atom is -0.355 e. The molecule has 1 amide bonds. The molecule has 1 fully saturated rings. The number of nitrogens with one attached hydrogen (secondary N) is 2. The number of nitrogens with zero attached hydrogens (tertiary/aromatic N) is 1. The molecule has 0 aromatic rings. The molecule has 4 nitrogen and oxygen atoms in total. The molecule has 7 heteroatoms. The van der Waals surface area contributed by atoms with Crippen LogP contribution in [0.4, 0.5) is 13.2 Å². The molecule has 112 valence electrons. The molecule has 1 aliphatic heterocycles. The molecule has 0 bridgehead atoms. The number of rotatable bonds is 7. The van der Waals surface area contributed by atoms with E-state index in [4.69, 9.17) is 0 Å². The van der Waals surface area contributed by atoms with Crippen LogP contribution in [0.25, 0.3) is 0 Å². The molecule has 1 unspecified atom stereocenters. The molecule has 0 aliphatic carbocycles. The first-order chi connectivity index (χ1) is 8.90. The molecule has 1 heterocycles. The van der Waals surface area contributed by atoms with Crippen molar-refractivity contribution in [1.29, 1.82) is 0 Å². The summed E-state index contributed by atoms with van der Waals surface area (Å²) in [4.78, 5) is 12.8. The lowest BCUT2D eigenvalue weighted by Gasteiger charge is -2.18. The third kappa shape index (κ3) is 7.37. The first kappa shape index (κ1) is 16.2. The summed E-state index contributed by atoms with van der Waals surface area (Å²) in [5, 5.41) is 5.74. The second-order valence-corrected chi connectivity index (χ2v) is 4.99. The fourth-order valence-electron chi connectivity index (χ4n) is 2.18. The number of amides is 1. The Morgan fingerprint density at radius 3 is 2.79 bits per heavy atom. The second-order valence-electron chi connectivity index (χ2n) is 4.99. The van der Waals surface area contributed by atoms with Crippen molar-refractivity contribution in [2.75, 3.05) is 39.3 Å². The zero-order chi connectivity index (χ0) is 14.3. The van der Waals surface area contributed by atoms with Crippen LogP contribution in [0.1, 0.15) is 19.8 Å². The van der Waals surface area contributed by atoms with Crippen LogP contribution in [0.5, 0.6) is 0 Å². The standard InChI is InChI=1S/C12H22F3N3O/c1-2-4-16-7-11(19)17-6-10-3-5-18(8-10)9-12(13,14)15/h10,16H,2-9H2,1H3,(H,17,19). The van der Waals surface area contributed by atoms with Gasteiger partial charge in [0.2, 0.25) is 5.91 Å². The number of alkyl halides is 3. The van der Waals surface area contributed by atoms with E-state index in [1.165, 1.54) is 4.90 Å². The van der Waals surface area contributed by atoms with Gasteiger partial charge in [-0.3, -0.25) is 9.69 Å². The van der Waals surface area contributed by atoms with Gasteiger partial charge >= 0.3 is 6.18 Å². The van der Waals surface area contributed by atoms with Crippen LogP contribution in [-0.2, 0) is 4.79 Å². The van der Waals surface area contributed by atoms with Crippen molar-refractivity contribution in [3.8, 4) is 0 Å². The van der Waals surface area contributed by atoms with Gasteiger partial charge in [-0.2, -0.15) is 13.2 Å². The number of carbonyl (C=O) groups is 1. The minimum absolute atomic E-state index is 0.0947. The van der Waals surface area contributed by atoms with Gasteiger partial charge in [0.05, 0.1) is 13.1 Å². The molecule has 1 saturated heterocycles. The molecule has 1 atom stereocenters. The largest absolute Gasteiger partial charge is 0.401 e. The van der Waals surface area contributed by atoms with E-state index in [-0.39, 0.29) is 18.4 Å². The minimum atomic E-state index is -4.14. The summed E-state index contributed by atoms with van der Waals surface area (Å²) in [6, 6.07) is 0. The Balaban J connectivity index is 2.13. The highest BCUT2D eigenvalue weighted by Gasteiger charge is 2.34. The predicted octanol–water partition coefficient (Wildman–Crippen LogP) is 0.986. The first-order valence-electron chi connectivity index (χ1n) is 6.67. The van der Waals surface area contributed by atoms with Gasteiger partial charge in [-0.25, -0.2) is 0 Å². The van der Waals surface area contributed by atoms with Crippen LogP contribution in [0.2, 0.25) is 0 Å². The lowest BCUT2D eigenvalue weighted by Crippen LogP contribution is -2.38. The van der Waals surface area contributed by atoms with Gasteiger partial charge in [0.25, 0.3) is 0 Å². The molecule has 0 spiro atoms. The van der Waals surface area contributed by atoms with Crippen molar-refractivity contribution in [3.63, 3.8) is 0 Å². The van der Waals surface area contributed by atoms with Crippen molar-refractivity contribution in [2.24, 2.45) is 5.92 Å². The molecule has 0 radical (unpaired) electrons. The van der Waals surface area contributed by atoms with Gasteiger partial charge in [0, 0.05) is 13.1 Å². The second kappa shape index (κ2) is 7.69. The number of carbonyl (C=O) groups excluding carboxylic acids is 1. The summed E-state index contributed by atoms with van der Waals surface area (Å²) in [7, 11) is 0. The SMILES string of the molecule is CCCNCC(=O)NCC1CCN(CC(F)(F)F)C1. The molecular weight excluding hydrogens is 259 g/mol. The van der Waals surface area contributed by atoms with E-state index in [0.717, 1.165) is 13.0 Å². The van der Waals surface area contributed by atoms with Gasteiger partial charge in [0.1, 0.15) is 0 Å². The van der Waals surface area contributed by atoms with E-state index < -0.39 is 12.7 Å². The zero-order valence-corrected chi connectivity index (χ0v) is 11.2. The van der Waals surface area contributed by atoms with Crippen molar-refractivity contribution in [1.82, 2.24) is 15.5 Å². The lowest BCUT2D eigenvalue weighted by molar-refractivity contribution is -0.143. The Bertz CT molecular complexity index is 284. The molecule has 1 aliphatic rings. The Morgan fingerprint density at radius 1 is 1.42 bits per heavy atom. The summed E-state index contributed by atoms with van der Waals surface area (Å²) >= 11 is 0. The molecular formula is C12H22F3N3O. The summed E-state index contributed by atoms with van der Waals surface area (Å²) in [5.41, 5.74) is 0. The Labute approximate surface area is 111 Å². The highest BCUT2D eigenvalue weighted by molar-refractivity contribution is 5.77. The summed E-state index contributed by atoms with van der Waals surface area (Å²) in [6.45, 7) is 3.54. The molecule has 0 aromatic heterocycles. The van der Waals surface area contributed by atoms with Crippen LogP contribution in [0.3, 0.4) is 0 Å². The summed E-state index contributed by atoms with van der Waals surface area (Å²) in [5.74, 6) is 0.0280. The number of hydrogen-bond donors (Lipinski definition) is 2. The van der Waals surface area contributed by atoms with Crippen LogP contribution in [0, 0.1) is 5.92 Å². The fourth-order valence-corrected chi connectivity index (χ4v) is 2.18. The van der Waals surface area contributed by atoms with Gasteiger partial charge in [-0.1, -0.05) is 6.92 Å². The third-order valence-electron chi connectivity index (χ3n) is 3.07. The Kier molecular flexibility index (Phi) is 6.57. The maximum absolute atomic E-state index is 12.2. The molecule has 1 rings (SSSR count). The predicted molar refractivity (Wildman–Crippen MR) is 66.8 cm³/mol. The number of halogens is 3. The van der Waals surface area contributed by atoms with Crippen LogP contribution in [-0.4, -0.2) is 56.3 Å². The topological polar surface area (TPSA) is 44.4 Å². The Morgan fingerprint density at radius 2 is 2.16 bits per heavy atom. The average Bonchev–Trinajstić information content (AvgIpc) is 2.72. The van der Waals surface area contributed by atoms with Crippen molar-refractivity contribution >= 4 is 5.91 Å². The normalized spacial score (nSPS) is 20.7. The van der Waals surface area contributed by atoms with Gasteiger partial charge in [0.15, 0.2) is 0 Å². The van der Waals surface area contributed by atoms with Crippen LogP contribution >= 0.6 is 0 Å². The molecule has 19 heavy (non-hydrogen) atoms. The lowest BCUT2D eigenvalue weighted by atomic mass is 10.1. The average molecular weight is 281 g/mol. The summed E-state index contributed by atoms with van der Waals surface area (Å²) < 4.78 is 36.6. The quantitative estimate of drug-likeness (QED) is 0.684. The zero-order valence-electron chi connectivity index (χ0n) is 11.2. The van der Waals surface area contributed by atoms with E-state index in [9.17, 15) is 18.0 Å². The smallest absolute Gasteiger partial charge is 0.355 e. The highest BCUT2D eigenvalue weighted by atomic mass is 19.4. The van der Waals surface area contributed by atoms with Gasteiger partial charge < -0.3 is 10.6 Å². The van der Waals surface area contributed by atoms with E-state index >= 15 is 0 Å². The van der Waals surface area contributed by atoms with Crippen molar-refractivity contribution < 1.29 is 18.0 Å². The molecule has 2 N–H and O–H groups in total. The van der Waals surface area contributed by atoms with Crippen LogP contribution in [0.15, 0.2) is 0 Å². The van der Waals surface area contributed by atoms with Gasteiger partial charge in [-0.05, 0) is 31.8 Å². The number of likely N-dealkylation sites (tertiary alicyclic amines) is 1. The highest BCUT2D eigenvalue weighted by Crippen LogP contribution is 2.22. The van der Waals surface area contributed by atoms with E-state index in [1.54, 1.807) is 0 Å². The Hall–Kier alpha value is -0.820. The first-order valence-corrected chi connectivity index (χ1v) is 6.67. The maximum atomic E-state index is 12.2.